The van der Waals surface area contributed by atoms with Crippen molar-refractivity contribution in [3.8, 4) is 0 Å². The van der Waals surface area contributed by atoms with Crippen LogP contribution in [0.5, 0.6) is 0 Å². The molecule has 1 fully saturated rings. The first-order valence-corrected chi connectivity index (χ1v) is 7.66. The molecule has 17 heavy (non-hydrogen) atoms. The van der Waals surface area contributed by atoms with Gasteiger partial charge in [0.15, 0.2) is 0 Å². The summed E-state index contributed by atoms with van der Waals surface area (Å²) in [6.45, 7) is 6.51. The Balaban J connectivity index is 1.91. The van der Waals surface area contributed by atoms with Gasteiger partial charge in [0.05, 0.1) is 3.79 Å². The molecule has 1 aliphatic rings. The highest BCUT2D eigenvalue weighted by atomic mass is 79.9. The Kier molecular flexibility index (Phi) is 4.99. The number of thiophene rings is 1. The molecule has 1 atom stereocenters. The number of nitrogens with two attached hydrogens (primary N) is 1. The van der Waals surface area contributed by atoms with Gasteiger partial charge in [-0.1, -0.05) is 0 Å². The molecule has 1 aliphatic heterocycles. The van der Waals surface area contributed by atoms with Crippen LogP contribution in [0.25, 0.3) is 0 Å². The Labute approximate surface area is 116 Å². The monoisotopic (exact) mass is 317 g/mol. The topological polar surface area (TPSA) is 32.5 Å². The molecule has 1 aromatic rings. The second-order valence-electron chi connectivity index (χ2n) is 4.68. The largest absolute Gasteiger partial charge is 0.330 e. The van der Waals surface area contributed by atoms with Crippen molar-refractivity contribution in [1.82, 2.24) is 9.80 Å². The van der Waals surface area contributed by atoms with Gasteiger partial charge in [-0.05, 0) is 35.1 Å². The summed E-state index contributed by atoms with van der Waals surface area (Å²) in [4.78, 5) is 6.32. The number of halogens is 1. The normalized spacial score (nSPS) is 20.6. The molecule has 2 N–H and O–H groups in total. The molecule has 1 aromatic heterocycles. The number of likely N-dealkylation sites (N-methyl/N-ethyl adjacent to an activating group) is 1. The van der Waals surface area contributed by atoms with E-state index in [0.29, 0.717) is 5.92 Å². The van der Waals surface area contributed by atoms with E-state index < -0.39 is 0 Å². The minimum Gasteiger partial charge on any atom is -0.330 e. The molecule has 0 bridgehead atoms. The third-order valence-electron chi connectivity index (χ3n) is 3.36. The van der Waals surface area contributed by atoms with Crippen LogP contribution in [0.4, 0.5) is 0 Å². The van der Waals surface area contributed by atoms with Gasteiger partial charge in [-0.15, -0.1) is 11.3 Å². The van der Waals surface area contributed by atoms with E-state index in [4.69, 9.17) is 5.73 Å². The van der Waals surface area contributed by atoms with Crippen LogP contribution in [0.1, 0.15) is 10.8 Å². The van der Waals surface area contributed by atoms with E-state index in [1.807, 2.05) is 11.3 Å². The number of hydrogen-bond donors (Lipinski definition) is 1. The van der Waals surface area contributed by atoms with E-state index in [-0.39, 0.29) is 0 Å². The van der Waals surface area contributed by atoms with Crippen LogP contribution in [0.15, 0.2) is 15.9 Å². The molecule has 0 amide bonds. The van der Waals surface area contributed by atoms with Crippen molar-refractivity contribution in [2.45, 2.75) is 5.92 Å². The highest BCUT2D eigenvalue weighted by molar-refractivity contribution is 9.11. The minimum absolute atomic E-state index is 0.481. The molecule has 0 spiro atoms. The molecule has 2 rings (SSSR count). The molecule has 0 aliphatic carbocycles. The molecule has 3 nitrogen and oxygen atoms in total. The third kappa shape index (κ3) is 3.76. The van der Waals surface area contributed by atoms with Crippen LogP contribution in [0.2, 0.25) is 0 Å². The van der Waals surface area contributed by atoms with Gasteiger partial charge in [0, 0.05) is 50.1 Å². The molecule has 96 valence electrons. The van der Waals surface area contributed by atoms with E-state index >= 15 is 0 Å². The van der Waals surface area contributed by atoms with Gasteiger partial charge in [-0.2, -0.15) is 0 Å². The Bertz CT molecular complexity index is 347. The van der Waals surface area contributed by atoms with Crippen LogP contribution in [0.3, 0.4) is 0 Å². The highest BCUT2D eigenvalue weighted by Gasteiger charge is 2.19. The van der Waals surface area contributed by atoms with Crippen molar-refractivity contribution in [3.63, 3.8) is 0 Å². The maximum Gasteiger partial charge on any atom is 0.0701 e. The van der Waals surface area contributed by atoms with Crippen molar-refractivity contribution < 1.29 is 0 Å². The average molecular weight is 318 g/mol. The van der Waals surface area contributed by atoms with Crippen LogP contribution >= 0.6 is 27.3 Å². The fourth-order valence-electron chi connectivity index (χ4n) is 2.17. The van der Waals surface area contributed by atoms with Crippen LogP contribution < -0.4 is 5.73 Å². The van der Waals surface area contributed by atoms with Gasteiger partial charge in [-0.25, -0.2) is 0 Å². The van der Waals surface area contributed by atoms with Crippen LogP contribution in [0, 0.1) is 0 Å². The summed E-state index contributed by atoms with van der Waals surface area (Å²) in [5.74, 6) is 0.481. The first kappa shape index (κ1) is 13.5. The number of piperazine rings is 1. The highest BCUT2D eigenvalue weighted by Crippen LogP contribution is 2.28. The summed E-state index contributed by atoms with van der Waals surface area (Å²) in [5.41, 5.74) is 5.91. The van der Waals surface area contributed by atoms with Crippen molar-refractivity contribution in [2.75, 3.05) is 46.3 Å². The molecular formula is C12H20BrN3S. The van der Waals surface area contributed by atoms with E-state index in [1.165, 1.54) is 34.8 Å². The Hall–Kier alpha value is 0.0600. The van der Waals surface area contributed by atoms with Gasteiger partial charge >= 0.3 is 0 Å². The van der Waals surface area contributed by atoms with Crippen LogP contribution in [-0.4, -0.2) is 56.1 Å². The van der Waals surface area contributed by atoms with Crippen molar-refractivity contribution >= 4 is 27.3 Å². The first-order valence-electron chi connectivity index (χ1n) is 6.05. The smallest absolute Gasteiger partial charge is 0.0701 e. The van der Waals surface area contributed by atoms with Crippen molar-refractivity contribution in [1.29, 1.82) is 0 Å². The van der Waals surface area contributed by atoms with Gasteiger partial charge in [0.1, 0.15) is 0 Å². The quantitative estimate of drug-likeness (QED) is 0.919. The maximum atomic E-state index is 5.91. The average Bonchev–Trinajstić information content (AvgIpc) is 2.75. The lowest BCUT2D eigenvalue weighted by Gasteiger charge is -2.34. The lowest BCUT2D eigenvalue weighted by Crippen LogP contribution is -2.46. The lowest BCUT2D eigenvalue weighted by molar-refractivity contribution is 0.148. The third-order valence-corrected chi connectivity index (χ3v) is 5.14. The maximum absolute atomic E-state index is 5.91. The summed E-state index contributed by atoms with van der Waals surface area (Å²) < 4.78 is 1.20. The lowest BCUT2D eigenvalue weighted by atomic mass is 10.1. The van der Waals surface area contributed by atoms with E-state index in [9.17, 15) is 0 Å². The first-order chi connectivity index (χ1) is 8.19. The van der Waals surface area contributed by atoms with Crippen LogP contribution in [-0.2, 0) is 0 Å². The summed E-state index contributed by atoms with van der Waals surface area (Å²) in [6, 6.07) is 4.31. The molecule has 0 radical (unpaired) electrons. The number of hydrogen-bond acceptors (Lipinski definition) is 4. The standard InChI is InChI=1S/C12H20BrN3S/c1-15-4-6-16(7-5-15)9-10(8-14)11-2-3-12(13)17-11/h2-3,10H,4-9,14H2,1H3. The molecule has 1 saturated heterocycles. The van der Waals surface area contributed by atoms with E-state index in [1.54, 1.807) is 0 Å². The summed E-state index contributed by atoms with van der Waals surface area (Å²) in [6.07, 6.45) is 0. The zero-order valence-corrected chi connectivity index (χ0v) is 12.6. The fourth-order valence-corrected chi connectivity index (χ4v) is 3.70. The minimum atomic E-state index is 0.481. The van der Waals surface area contributed by atoms with Gasteiger partial charge in [0.25, 0.3) is 0 Å². The number of rotatable bonds is 4. The second kappa shape index (κ2) is 6.29. The predicted molar refractivity (Wildman–Crippen MR) is 77.8 cm³/mol. The predicted octanol–water partition coefficient (Wildman–Crippen LogP) is 1.80. The Morgan fingerprint density at radius 2 is 2.06 bits per heavy atom. The number of nitrogens with zero attached hydrogens (tertiary/aromatic N) is 2. The zero-order valence-electron chi connectivity index (χ0n) is 10.2. The second-order valence-corrected chi connectivity index (χ2v) is 7.17. The Morgan fingerprint density at radius 1 is 1.35 bits per heavy atom. The molecule has 1 unspecified atom stereocenters. The molecule has 2 heterocycles. The van der Waals surface area contributed by atoms with E-state index in [0.717, 1.165) is 13.1 Å². The zero-order chi connectivity index (χ0) is 12.3. The Morgan fingerprint density at radius 3 is 2.59 bits per heavy atom. The van der Waals surface area contributed by atoms with Crippen molar-refractivity contribution in [3.05, 3.63) is 20.8 Å². The summed E-state index contributed by atoms with van der Waals surface area (Å²) in [5, 5.41) is 0. The van der Waals surface area contributed by atoms with Gasteiger partial charge in [0.2, 0.25) is 0 Å². The van der Waals surface area contributed by atoms with Gasteiger partial charge in [-0.3, -0.25) is 0 Å². The summed E-state index contributed by atoms with van der Waals surface area (Å²) >= 11 is 5.33. The SMILES string of the molecule is CN1CCN(CC(CN)c2ccc(Br)s2)CC1. The molecule has 0 saturated carbocycles. The molecule has 5 heteroatoms. The van der Waals surface area contributed by atoms with E-state index in [2.05, 4.69) is 44.9 Å². The molecular weight excluding hydrogens is 298 g/mol. The summed E-state index contributed by atoms with van der Waals surface area (Å²) in [7, 11) is 2.19. The van der Waals surface area contributed by atoms with Gasteiger partial charge < -0.3 is 15.5 Å². The fraction of sp³-hybridized carbons (Fsp3) is 0.667. The molecule has 0 aromatic carbocycles. The van der Waals surface area contributed by atoms with Crippen molar-refractivity contribution in [2.24, 2.45) is 5.73 Å².